The molecule has 792 valence electrons. The second-order valence-electron chi connectivity index (χ2n) is 42.7. The zero-order valence-electron chi connectivity index (χ0n) is 80.2. The number of carbonyl (C=O) groups excluding carboxylic acids is 4. The molecule has 45 nitrogen and oxygen atoms in total. The third-order valence-corrected chi connectivity index (χ3v) is 33.4. The van der Waals surface area contributed by atoms with Gasteiger partial charge in [-0.15, -0.1) is 0 Å². The van der Waals surface area contributed by atoms with Gasteiger partial charge in [-0.25, -0.2) is 4.79 Å². The van der Waals surface area contributed by atoms with Crippen molar-refractivity contribution in [1.82, 2.24) is 0 Å². The second kappa shape index (κ2) is 44.5. The Hall–Kier alpha value is -4.15. The van der Waals surface area contributed by atoms with E-state index in [1.165, 1.54) is 13.8 Å². The fourth-order valence-corrected chi connectivity index (χ4v) is 24.3. The van der Waals surface area contributed by atoms with Crippen LogP contribution in [0.15, 0.2) is 11.6 Å². The van der Waals surface area contributed by atoms with Gasteiger partial charge in [0.2, 0.25) is 6.29 Å². The maximum absolute atomic E-state index is 16.4. The molecule has 0 aromatic heterocycles. The number of carbonyl (C=O) groups is 5. The Bertz CT molecular complexity index is 4080. The van der Waals surface area contributed by atoms with Crippen LogP contribution >= 0.6 is 0 Å². The van der Waals surface area contributed by atoms with Gasteiger partial charge in [0.1, 0.15) is 152 Å². The van der Waals surface area contributed by atoms with E-state index in [0.29, 0.717) is 57.8 Å². The molecule has 52 atom stereocenters. The Kier molecular flexibility index (Phi) is 35.8. The SMILES string of the molecule is CC[C@@H]1O[C@@H](O[C@@H](C[C@H](O)CC(=O)O[C@@H](C[C@H](O)CC(=O)O[C@@H]2C(C)O[C@@H](OC(=O)[C@]34CCC(C)(C)CC3C3=CCC5[C@@]6(C)CC[C@H](O[C@@H]7OC(C(=O)O)[C@@H](O)[C@H](O[C@@H]8OC[C@@H](O)[C@H](O)C8O)C7O[C@@H]7OC(CO)[C@H](O)[C@H](O)C7O)[C@@](C)(C=O)C6CC[C@@]5(C)[C@]3(C)C[C@H]4O)[C@H](O[C@@H]3OC(C)[C@H](OC4OCC(O)[C@H](OC5OCC(O)[C@H](O)[C@@H]5O)[C@@H]4O)[C@H](O)C3O)C2O)[C@@H](C)CC)[C@@H](C)CC)C(O)C1O. The Morgan fingerprint density at radius 2 is 1.00 bits per heavy atom. The summed E-state index contributed by atoms with van der Waals surface area (Å²) in [6, 6.07) is 0. The van der Waals surface area contributed by atoms with Crippen LogP contribution in [0.4, 0.5) is 0 Å². The number of aliphatic carboxylic acids is 1. The predicted molar refractivity (Wildman–Crippen MR) is 461 cm³/mol. The van der Waals surface area contributed by atoms with Gasteiger partial charge in [0, 0.05) is 12.8 Å². The lowest BCUT2D eigenvalue weighted by molar-refractivity contribution is -0.391. The molecule has 0 aromatic carbocycles. The highest BCUT2D eigenvalue weighted by Gasteiger charge is 2.74. The molecule has 138 heavy (non-hydrogen) atoms. The summed E-state index contributed by atoms with van der Waals surface area (Å²) in [5, 5.41) is 247. The quantitative estimate of drug-likeness (QED) is 0.00953. The Morgan fingerprint density at radius 1 is 0.478 bits per heavy atom. The summed E-state index contributed by atoms with van der Waals surface area (Å²) in [7, 11) is 0. The van der Waals surface area contributed by atoms with Crippen LogP contribution < -0.4 is 0 Å². The maximum atomic E-state index is 16.4. The van der Waals surface area contributed by atoms with E-state index in [1.807, 2.05) is 27.7 Å². The van der Waals surface area contributed by atoms with E-state index < -0.39 is 371 Å². The van der Waals surface area contributed by atoms with E-state index in [4.69, 9.17) is 85.3 Å². The van der Waals surface area contributed by atoms with Crippen molar-refractivity contribution < 1.29 is 222 Å². The third-order valence-electron chi connectivity index (χ3n) is 33.4. The molecule has 0 amide bonds. The van der Waals surface area contributed by atoms with Crippen LogP contribution in [0.5, 0.6) is 0 Å². The number of allylic oxidation sites excluding steroid dienone is 2. The molecule has 0 radical (unpaired) electrons. The average Bonchev–Trinajstić information content (AvgIpc) is 0.710. The smallest absolute Gasteiger partial charge is 0.335 e. The minimum atomic E-state index is -2.26. The van der Waals surface area contributed by atoms with Crippen LogP contribution in [-0.2, 0) is 109 Å². The number of ether oxygens (including phenoxy) is 18. The highest BCUT2D eigenvalue weighted by atomic mass is 16.8. The number of aliphatic hydroxyl groups excluding tert-OH is 21. The lowest BCUT2D eigenvalue weighted by Gasteiger charge is -2.71. The van der Waals surface area contributed by atoms with Crippen molar-refractivity contribution in [2.45, 2.75) is 451 Å². The Balaban J connectivity index is 0.748. The van der Waals surface area contributed by atoms with E-state index in [1.54, 1.807) is 27.7 Å². The van der Waals surface area contributed by atoms with Crippen LogP contribution in [-0.4, -0.2) is 427 Å². The number of carboxylic acid groups (broad SMARTS) is 1. The van der Waals surface area contributed by atoms with Crippen LogP contribution in [0.25, 0.3) is 0 Å². The highest BCUT2D eigenvalue weighted by molar-refractivity contribution is 5.80. The lowest BCUT2D eigenvalue weighted by Crippen LogP contribution is -2.69. The topological polar surface area (TPSA) is 697 Å². The monoisotopic (exact) mass is 1990 g/mol. The van der Waals surface area contributed by atoms with E-state index in [-0.39, 0.29) is 43.9 Å². The summed E-state index contributed by atoms with van der Waals surface area (Å²) in [5.74, 6) is -7.09. The van der Waals surface area contributed by atoms with Gasteiger partial charge < -0.3 is 202 Å². The van der Waals surface area contributed by atoms with Crippen molar-refractivity contribution in [3.05, 3.63) is 11.6 Å². The minimum Gasteiger partial charge on any atom is -0.479 e. The van der Waals surface area contributed by atoms with Crippen molar-refractivity contribution in [1.29, 1.82) is 0 Å². The standard InChI is InChI=1S/C93H150O45/c1-14-36(4)48(126-55(102)27-41(97)26-49(37(5)15-2)128-83-65(112)59(106)47(16-3)127-83)25-40(96)28-56(103)131-72-39(7)125-85(76(68(72)115)136-82-67(114)62(109)71(38(6)124-82)132-81-70(117)73(46(100)34-123-81)133-79-63(110)57(104)44(98)32-121-79)138-87(120)93-24-23-88(8,9)29-43(93)42-17-18-52-89(10)21-20-54(90(11,35-95)51(89)19-22-91(52,12)92(42,13)30-53(93)101)130-86-77(137-84-66(113)61(108)60(107)50(31-94)129-84)74(69(116)75(135-86)78(118)119)134-80-64(111)58(105)45(99)33-122-80/h17,35-41,43-54,57-77,79-86,94,96-101,104-117H,14-16,18-34H2,1-13H3,(H,118,119)/t36-,37-,38?,39?,40-,41-,43?,44?,45+,46?,47-,48-,49-,50?,51?,52?,53+,54-,57-,58-,59?,60-,61-,62+,63-,64?,65?,66?,67?,68?,69-,70-,71-,72+,73-,74-,75?,76+,77?,79?,80-,81?,82-,83-,84-,85-,86+,89-,90-,91+,92+,93+/m0/s1. The molecular formula is C93H150O45. The molecule has 4 saturated carbocycles. The predicted octanol–water partition coefficient (Wildman–Crippen LogP) is -4.27. The molecule has 0 spiro atoms. The maximum Gasteiger partial charge on any atom is 0.335 e. The fourth-order valence-electron chi connectivity index (χ4n) is 24.3. The normalized spacial score (nSPS) is 48.8. The summed E-state index contributed by atoms with van der Waals surface area (Å²) in [6.07, 6.45) is -67.7. The van der Waals surface area contributed by atoms with Crippen LogP contribution in [0.1, 0.15) is 193 Å². The summed E-state index contributed by atoms with van der Waals surface area (Å²) in [5.41, 5.74) is -5.50. The van der Waals surface area contributed by atoms with Crippen molar-refractivity contribution in [3.8, 4) is 0 Å². The number of rotatable bonds is 34. The van der Waals surface area contributed by atoms with E-state index in [9.17, 15) is 132 Å². The van der Waals surface area contributed by atoms with Crippen LogP contribution in [0.2, 0.25) is 0 Å². The number of aldehydes is 1. The van der Waals surface area contributed by atoms with Gasteiger partial charge in [-0.1, -0.05) is 101 Å². The molecule has 5 aliphatic carbocycles. The van der Waals surface area contributed by atoms with Gasteiger partial charge in [-0.2, -0.15) is 0 Å². The number of hydrogen-bond donors (Lipinski definition) is 22. The number of aliphatic hydroxyl groups is 21. The van der Waals surface area contributed by atoms with Gasteiger partial charge in [0.15, 0.2) is 62.3 Å². The van der Waals surface area contributed by atoms with Crippen molar-refractivity contribution in [2.24, 2.45) is 62.1 Å². The van der Waals surface area contributed by atoms with Crippen molar-refractivity contribution >= 4 is 30.2 Å². The molecule has 0 bridgehead atoms. The third kappa shape index (κ3) is 21.7. The molecule has 22 N–H and O–H groups in total. The van der Waals surface area contributed by atoms with Gasteiger partial charge in [-0.05, 0) is 129 Å². The fraction of sp³-hybridized carbons (Fsp3) is 0.925. The Labute approximate surface area is 799 Å². The van der Waals surface area contributed by atoms with Crippen molar-refractivity contribution in [2.75, 3.05) is 26.4 Å². The van der Waals surface area contributed by atoms with Gasteiger partial charge in [-0.3, -0.25) is 14.4 Å². The zero-order valence-corrected chi connectivity index (χ0v) is 80.2. The number of carboxylic acids is 1. The number of esters is 3. The summed E-state index contributed by atoms with van der Waals surface area (Å²) in [4.78, 5) is 72.1. The van der Waals surface area contributed by atoms with E-state index in [2.05, 4.69) is 26.8 Å². The first-order chi connectivity index (χ1) is 64.8. The molecule has 0 aromatic rings. The molecular weight excluding hydrogens is 1840 g/mol. The van der Waals surface area contributed by atoms with Crippen molar-refractivity contribution in [3.63, 3.8) is 0 Å². The Morgan fingerprint density at radius 3 is 1.60 bits per heavy atom. The summed E-state index contributed by atoms with van der Waals surface area (Å²) in [6.45, 7) is 21.2. The zero-order chi connectivity index (χ0) is 101. The molecule has 13 aliphatic rings. The number of hydrogen-bond acceptors (Lipinski definition) is 44. The molecule has 8 aliphatic heterocycles. The highest BCUT2D eigenvalue weighted by Crippen LogP contribution is 2.76. The van der Waals surface area contributed by atoms with E-state index >= 15 is 4.79 Å². The largest absolute Gasteiger partial charge is 0.479 e. The van der Waals surface area contributed by atoms with Gasteiger partial charge >= 0.3 is 23.9 Å². The first-order valence-corrected chi connectivity index (χ1v) is 48.7. The average molecular weight is 1990 g/mol. The first-order valence-electron chi connectivity index (χ1n) is 48.7. The van der Waals surface area contributed by atoms with Crippen LogP contribution in [0.3, 0.4) is 0 Å². The summed E-state index contributed by atoms with van der Waals surface area (Å²) >= 11 is 0. The van der Waals surface area contributed by atoms with Gasteiger partial charge in [0.05, 0.1) is 93.5 Å². The molecule has 12 fully saturated rings. The molecule has 13 rings (SSSR count). The molecule has 45 heteroatoms. The lowest BCUT2D eigenvalue weighted by atomic mass is 9.33. The summed E-state index contributed by atoms with van der Waals surface area (Å²) < 4.78 is 109. The second-order valence-corrected chi connectivity index (χ2v) is 42.7. The van der Waals surface area contributed by atoms with E-state index in [0.717, 1.165) is 11.9 Å². The van der Waals surface area contributed by atoms with Gasteiger partial charge in [0.25, 0.3) is 0 Å². The van der Waals surface area contributed by atoms with Crippen LogP contribution in [0, 0.1) is 62.1 Å². The molecule has 8 heterocycles. The molecule has 18 unspecified atom stereocenters. The molecule has 8 saturated heterocycles. The first kappa shape index (κ1) is 111. The minimum absolute atomic E-state index is 0.0188. The number of fused-ring (bicyclic) bond motifs is 7.